The van der Waals surface area contributed by atoms with Crippen LogP contribution in [0, 0.1) is 0 Å². The summed E-state index contributed by atoms with van der Waals surface area (Å²) < 4.78 is 46.5. The molecule has 0 atom stereocenters. The van der Waals surface area contributed by atoms with E-state index in [1.807, 2.05) is 11.0 Å². The van der Waals surface area contributed by atoms with Crippen LogP contribution < -0.4 is 10.2 Å². The maximum Gasteiger partial charge on any atom is 0.418 e. The van der Waals surface area contributed by atoms with E-state index in [2.05, 4.69) is 5.32 Å². The Labute approximate surface area is 178 Å². The summed E-state index contributed by atoms with van der Waals surface area (Å²) in [5.74, 6) is -0.476. The molecule has 2 aromatic rings. The Bertz CT molecular complexity index is 879. The van der Waals surface area contributed by atoms with Gasteiger partial charge in [0.25, 0.3) is 5.91 Å². The number of benzene rings is 1. The molecule has 1 amide bonds. The molecular weight excluding hydrogens is 413 g/mol. The number of thiophene rings is 1. The molecule has 0 bridgehead atoms. The van der Waals surface area contributed by atoms with Crippen LogP contribution in [0.1, 0.15) is 51.4 Å². The van der Waals surface area contributed by atoms with Gasteiger partial charge in [0, 0.05) is 23.7 Å². The smallest absolute Gasteiger partial charge is 0.378 e. The highest BCUT2D eigenvalue weighted by Gasteiger charge is 2.35. The van der Waals surface area contributed by atoms with E-state index in [-0.39, 0.29) is 5.69 Å². The largest absolute Gasteiger partial charge is 0.418 e. The molecule has 162 valence electrons. The van der Waals surface area contributed by atoms with Gasteiger partial charge < -0.3 is 15.0 Å². The van der Waals surface area contributed by atoms with Gasteiger partial charge in [-0.15, -0.1) is 11.3 Å². The summed E-state index contributed by atoms with van der Waals surface area (Å²) in [6.07, 6.45) is 1.86. The van der Waals surface area contributed by atoms with E-state index in [9.17, 15) is 18.0 Å². The summed E-state index contributed by atoms with van der Waals surface area (Å²) in [5.41, 5.74) is 0.631. The number of nitrogens with one attached hydrogen (secondary N) is 1. The highest BCUT2D eigenvalue weighted by atomic mass is 32.1. The number of amides is 1. The summed E-state index contributed by atoms with van der Waals surface area (Å²) in [6.45, 7) is 2.07. The van der Waals surface area contributed by atoms with Gasteiger partial charge in [0.05, 0.1) is 29.3 Å². The number of morpholine rings is 1. The second kappa shape index (κ2) is 8.98. The Morgan fingerprint density at radius 1 is 1.03 bits per heavy atom. The van der Waals surface area contributed by atoms with Gasteiger partial charge in [0.2, 0.25) is 0 Å². The lowest BCUT2D eigenvalue weighted by Gasteiger charge is -2.29. The van der Waals surface area contributed by atoms with Crippen LogP contribution in [0.15, 0.2) is 24.3 Å². The van der Waals surface area contributed by atoms with E-state index in [1.165, 1.54) is 40.7 Å². The molecule has 0 spiro atoms. The van der Waals surface area contributed by atoms with Crippen molar-refractivity contribution in [1.82, 2.24) is 0 Å². The number of hydrogen-bond acceptors (Lipinski definition) is 4. The molecule has 4 nitrogen and oxygen atoms in total. The number of fused-ring (bicyclic) bond motifs is 1. The molecule has 1 saturated heterocycles. The molecule has 8 heteroatoms. The second-order valence-corrected chi connectivity index (χ2v) is 8.89. The molecule has 0 saturated carbocycles. The van der Waals surface area contributed by atoms with E-state index in [0.717, 1.165) is 31.7 Å². The molecule has 1 aliphatic heterocycles. The fourth-order valence-electron chi connectivity index (χ4n) is 4.03. The number of anilines is 2. The van der Waals surface area contributed by atoms with Crippen LogP contribution in [-0.2, 0) is 23.8 Å². The lowest BCUT2D eigenvalue weighted by Crippen LogP contribution is -2.36. The first-order valence-corrected chi connectivity index (χ1v) is 11.2. The zero-order valence-electron chi connectivity index (χ0n) is 16.7. The number of nitrogens with zero attached hydrogens (tertiary/aromatic N) is 1. The van der Waals surface area contributed by atoms with Crippen molar-refractivity contribution >= 4 is 28.6 Å². The third-order valence-corrected chi connectivity index (χ3v) is 6.89. The molecule has 1 aromatic carbocycles. The second-order valence-electron chi connectivity index (χ2n) is 7.75. The first-order valence-electron chi connectivity index (χ1n) is 10.4. The van der Waals surface area contributed by atoms with Crippen molar-refractivity contribution < 1.29 is 22.7 Å². The van der Waals surface area contributed by atoms with Crippen LogP contribution in [-0.4, -0.2) is 32.2 Å². The Morgan fingerprint density at radius 2 is 1.77 bits per heavy atom. The highest BCUT2D eigenvalue weighted by molar-refractivity contribution is 7.14. The molecule has 2 heterocycles. The van der Waals surface area contributed by atoms with E-state index in [1.54, 1.807) is 6.07 Å². The number of ether oxygens (including phenoxy) is 1. The molecule has 1 aliphatic carbocycles. The highest BCUT2D eigenvalue weighted by Crippen LogP contribution is 2.38. The Morgan fingerprint density at radius 3 is 2.50 bits per heavy atom. The first-order chi connectivity index (χ1) is 14.4. The number of halogens is 3. The van der Waals surface area contributed by atoms with Gasteiger partial charge >= 0.3 is 6.18 Å². The lowest BCUT2D eigenvalue weighted by molar-refractivity contribution is -0.136. The fraction of sp³-hybridized carbons (Fsp3) is 0.500. The molecule has 4 rings (SSSR count). The Balaban J connectivity index is 1.57. The number of hydrogen-bond donors (Lipinski definition) is 1. The molecule has 0 radical (unpaired) electrons. The zero-order valence-corrected chi connectivity index (χ0v) is 17.5. The average Bonchev–Trinajstić information content (AvgIpc) is 3.10. The van der Waals surface area contributed by atoms with Crippen molar-refractivity contribution in [1.29, 1.82) is 0 Å². The molecule has 2 aliphatic rings. The van der Waals surface area contributed by atoms with Crippen LogP contribution in [0.25, 0.3) is 0 Å². The van der Waals surface area contributed by atoms with Crippen LogP contribution in [0.4, 0.5) is 24.5 Å². The molecule has 1 N–H and O–H groups in total. The van der Waals surface area contributed by atoms with Gasteiger partial charge in [-0.2, -0.15) is 13.2 Å². The van der Waals surface area contributed by atoms with Crippen LogP contribution in [0.5, 0.6) is 0 Å². The zero-order chi connectivity index (χ0) is 21.1. The lowest BCUT2D eigenvalue weighted by atomic mass is 10.00. The van der Waals surface area contributed by atoms with Gasteiger partial charge in [0.1, 0.15) is 0 Å². The number of aryl methyl sites for hydroxylation is 2. The Hall–Kier alpha value is -2.06. The van der Waals surface area contributed by atoms with E-state index in [4.69, 9.17) is 4.74 Å². The van der Waals surface area contributed by atoms with Gasteiger partial charge in [-0.1, -0.05) is 12.8 Å². The maximum absolute atomic E-state index is 13.7. The quantitative estimate of drug-likeness (QED) is 0.687. The summed E-state index contributed by atoms with van der Waals surface area (Å²) in [7, 11) is 0. The van der Waals surface area contributed by atoms with E-state index < -0.39 is 17.6 Å². The topological polar surface area (TPSA) is 41.6 Å². The molecule has 1 aromatic heterocycles. The summed E-state index contributed by atoms with van der Waals surface area (Å²) >= 11 is 1.41. The normalized spacial score (nSPS) is 17.8. The van der Waals surface area contributed by atoms with E-state index >= 15 is 0 Å². The van der Waals surface area contributed by atoms with Crippen molar-refractivity contribution in [3.8, 4) is 0 Å². The predicted molar refractivity (Wildman–Crippen MR) is 113 cm³/mol. The third-order valence-electron chi connectivity index (χ3n) is 5.65. The van der Waals surface area contributed by atoms with Crippen molar-refractivity contribution in [3.05, 3.63) is 45.1 Å². The minimum absolute atomic E-state index is 0.203. The minimum atomic E-state index is -4.56. The number of alkyl halides is 3. The molecule has 0 unspecified atom stereocenters. The molecule has 30 heavy (non-hydrogen) atoms. The van der Waals surface area contributed by atoms with Crippen LogP contribution in [0.3, 0.4) is 0 Å². The van der Waals surface area contributed by atoms with E-state index in [0.29, 0.717) is 36.9 Å². The number of rotatable bonds is 3. The van der Waals surface area contributed by atoms with Crippen molar-refractivity contribution in [2.24, 2.45) is 0 Å². The SMILES string of the molecule is O=C(Nc1ccc(N2CCOCC2)cc1C(F)(F)F)c1cc2c(s1)CCCCCC2. The fourth-order valence-corrected chi connectivity index (χ4v) is 5.18. The Kier molecular flexibility index (Phi) is 6.34. The molecule has 1 fully saturated rings. The summed E-state index contributed by atoms with van der Waals surface area (Å²) in [4.78, 5) is 16.3. The molecular formula is C22H25F3N2O2S. The maximum atomic E-state index is 13.7. The van der Waals surface area contributed by atoms with Crippen LogP contribution in [0.2, 0.25) is 0 Å². The average molecular weight is 439 g/mol. The summed E-state index contributed by atoms with van der Waals surface area (Å²) in [6, 6.07) is 5.96. The number of carbonyl (C=O) groups excluding carboxylic acids is 1. The third kappa shape index (κ3) is 4.81. The van der Waals surface area contributed by atoms with Gasteiger partial charge in [-0.25, -0.2) is 0 Å². The predicted octanol–water partition coefficient (Wildman–Crippen LogP) is 5.51. The summed E-state index contributed by atoms with van der Waals surface area (Å²) in [5, 5.41) is 2.51. The van der Waals surface area contributed by atoms with Crippen molar-refractivity contribution in [2.75, 3.05) is 36.5 Å². The van der Waals surface area contributed by atoms with Gasteiger partial charge in [-0.3, -0.25) is 4.79 Å². The number of carbonyl (C=O) groups is 1. The monoisotopic (exact) mass is 438 g/mol. The first kappa shape index (κ1) is 21.2. The van der Waals surface area contributed by atoms with Gasteiger partial charge in [-0.05, 0) is 55.5 Å². The minimum Gasteiger partial charge on any atom is -0.378 e. The van der Waals surface area contributed by atoms with Crippen molar-refractivity contribution in [3.63, 3.8) is 0 Å². The van der Waals surface area contributed by atoms with Crippen molar-refractivity contribution in [2.45, 2.75) is 44.7 Å². The van der Waals surface area contributed by atoms with Crippen LogP contribution >= 0.6 is 11.3 Å². The standard InChI is InChI=1S/C22H25F3N2O2S/c23-22(24,25)17-14-16(27-9-11-29-12-10-27)7-8-18(17)26-21(28)20-13-15-5-3-1-2-4-6-19(15)30-20/h7-8,13-14H,1-6,9-12H2,(H,26,28). The van der Waals surface area contributed by atoms with Gasteiger partial charge in [0.15, 0.2) is 0 Å².